The summed E-state index contributed by atoms with van der Waals surface area (Å²) in [6.07, 6.45) is 3.59. The molecular formula is C29H23Cl2FN2O4. The number of allylic oxidation sites excluding steroid dienone is 3. The molecule has 0 radical (unpaired) electrons. The number of halogens is 3. The number of nitrogens with zero attached hydrogens (tertiary/aromatic N) is 1. The molecular weight excluding hydrogens is 530 g/mol. The molecule has 2 N–H and O–H groups in total. The van der Waals surface area contributed by atoms with E-state index < -0.39 is 40.6 Å². The normalized spacial score (nSPS) is 22.6. The SMILES string of the molecule is C=CC1=CCC2C(=O)N(Nc3ccc(Cl)cc3Cl)C(=O)C2(c2ccc(OC)cc2)C1c1cccc(F)c1O. The summed E-state index contributed by atoms with van der Waals surface area (Å²) in [7, 11) is 1.52. The van der Waals surface area contributed by atoms with Gasteiger partial charge in [-0.3, -0.25) is 15.0 Å². The van der Waals surface area contributed by atoms with Crippen molar-refractivity contribution in [1.29, 1.82) is 0 Å². The molecule has 3 aromatic carbocycles. The molecule has 3 unspecified atom stereocenters. The number of rotatable bonds is 6. The highest BCUT2D eigenvalue weighted by Crippen LogP contribution is 2.59. The van der Waals surface area contributed by atoms with Gasteiger partial charge in [0.1, 0.15) is 5.75 Å². The second-order valence-corrected chi connectivity index (χ2v) is 9.96. The molecule has 1 fully saturated rings. The third-order valence-electron chi connectivity index (χ3n) is 7.30. The molecule has 3 aromatic rings. The topological polar surface area (TPSA) is 78.9 Å². The van der Waals surface area contributed by atoms with Crippen molar-refractivity contribution in [2.45, 2.75) is 17.8 Å². The van der Waals surface area contributed by atoms with Gasteiger partial charge in [-0.15, -0.1) is 0 Å². The first-order valence-electron chi connectivity index (χ1n) is 11.8. The lowest BCUT2D eigenvalue weighted by Crippen LogP contribution is -2.48. The van der Waals surface area contributed by atoms with E-state index in [0.29, 0.717) is 27.6 Å². The number of hydrogen-bond acceptors (Lipinski definition) is 5. The maximum atomic E-state index is 14.6. The summed E-state index contributed by atoms with van der Waals surface area (Å²) in [5.74, 6) is -3.74. The maximum Gasteiger partial charge on any atom is 0.260 e. The minimum absolute atomic E-state index is 0.171. The van der Waals surface area contributed by atoms with Gasteiger partial charge in [0, 0.05) is 16.5 Å². The number of phenols is 1. The Labute approximate surface area is 228 Å². The van der Waals surface area contributed by atoms with E-state index in [2.05, 4.69) is 12.0 Å². The number of fused-ring (bicyclic) bond motifs is 1. The molecule has 5 rings (SSSR count). The average molecular weight is 553 g/mol. The Kier molecular flexibility index (Phi) is 6.67. The van der Waals surface area contributed by atoms with Crippen LogP contribution in [0.2, 0.25) is 10.0 Å². The Morgan fingerprint density at radius 1 is 1.16 bits per heavy atom. The van der Waals surface area contributed by atoms with Gasteiger partial charge < -0.3 is 9.84 Å². The number of imide groups is 1. The first-order chi connectivity index (χ1) is 18.2. The van der Waals surface area contributed by atoms with Crippen LogP contribution in [-0.4, -0.2) is 29.0 Å². The molecule has 0 saturated carbocycles. The first-order valence-corrected chi connectivity index (χ1v) is 12.5. The van der Waals surface area contributed by atoms with E-state index in [-0.39, 0.29) is 17.0 Å². The number of hydrogen-bond donors (Lipinski definition) is 2. The fraction of sp³-hybridized carbons (Fsp3) is 0.172. The van der Waals surface area contributed by atoms with Crippen LogP contribution in [0, 0.1) is 11.7 Å². The zero-order valence-electron chi connectivity index (χ0n) is 20.3. The highest BCUT2D eigenvalue weighted by Gasteiger charge is 2.66. The highest BCUT2D eigenvalue weighted by molar-refractivity contribution is 6.36. The second kappa shape index (κ2) is 9.82. The molecule has 194 valence electrons. The molecule has 0 aromatic heterocycles. The number of nitrogens with one attached hydrogen (secondary N) is 1. The number of anilines is 1. The van der Waals surface area contributed by atoms with Crippen molar-refractivity contribution in [1.82, 2.24) is 5.01 Å². The fourth-order valence-corrected chi connectivity index (χ4v) is 6.04. The molecule has 1 saturated heterocycles. The molecule has 0 spiro atoms. The summed E-state index contributed by atoms with van der Waals surface area (Å²) in [4.78, 5) is 28.5. The summed E-state index contributed by atoms with van der Waals surface area (Å²) in [6, 6.07) is 15.6. The van der Waals surface area contributed by atoms with Crippen LogP contribution in [0.1, 0.15) is 23.5 Å². The van der Waals surface area contributed by atoms with Crippen molar-refractivity contribution in [3.63, 3.8) is 0 Å². The minimum atomic E-state index is -1.54. The standard InChI is InChI=1S/C29H23Cl2FN2O4/c1-3-16-7-13-21-27(36)34(33-24-14-10-18(30)15-22(24)31)28(37)29(21,17-8-11-19(38-2)12-9-17)25(16)20-5-4-6-23(32)26(20)35/h3-12,14-15,21,25,33,35H,1,13H2,2H3. The van der Waals surface area contributed by atoms with Crippen molar-refractivity contribution in [3.05, 3.63) is 112 Å². The molecule has 1 aliphatic heterocycles. The van der Waals surface area contributed by atoms with Gasteiger partial charge in [-0.05, 0) is 54.0 Å². The number of amides is 2. The van der Waals surface area contributed by atoms with Crippen LogP contribution in [0.4, 0.5) is 10.1 Å². The van der Waals surface area contributed by atoms with Gasteiger partial charge in [0.25, 0.3) is 11.8 Å². The van der Waals surface area contributed by atoms with Crippen molar-refractivity contribution in [2.24, 2.45) is 5.92 Å². The average Bonchev–Trinajstić information content (AvgIpc) is 3.13. The van der Waals surface area contributed by atoms with Crippen LogP contribution in [0.3, 0.4) is 0 Å². The van der Waals surface area contributed by atoms with Crippen molar-refractivity contribution in [2.75, 3.05) is 12.5 Å². The summed E-state index contributed by atoms with van der Waals surface area (Å²) in [6.45, 7) is 3.91. The van der Waals surface area contributed by atoms with Gasteiger partial charge in [0.05, 0.1) is 29.2 Å². The summed E-state index contributed by atoms with van der Waals surface area (Å²) >= 11 is 12.4. The Hall–Kier alpha value is -3.81. The molecule has 2 aliphatic rings. The zero-order valence-corrected chi connectivity index (χ0v) is 21.8. The fourth-order valence-electron chi connectivity index (χ4n) is 5.59. The van der Waals surface area contributed by atoms with Gasteiger partial charge >= 0.3 is 0 Å². The van der Waals surface area contributed by atoms with E-state index in [1.54, 1.807) is 54.6 Å². The van der Waals surface area contributed by atoms with Gasteiger partial charge in [-0.2, -0.15) is 5.01 Å². The summed E-state index contributed by atoms with van der Waals surface area (Å²) in [5, 5.41) is 12.4. The number of ether oxygens (including phenoxy) is 1. The lowest BCUT2D eigenvalue weighted by atomic mass is 9.56. The van der Waals surface area contributed by atoms with E-state index in [1.807, 2.05) is 0 Å². The van der Waals surface area contributed by atoms with Crippen LogP contribution >= 0.6 is 23.2 Å². The highest BCUT2D eigenvalue weighted by atomic mass is 35.5. The summed E-state index contributed by atoms with van der Waals surface area (Å²) < 4.78 is 19.9. The van der Waals surface area contributed by atoms with Crippen molar-refractivity contribution in [3.8, 4) is 11.5 Å². The second-order valence-electron chi connectivity index (χ2n) is 9.12. The predicted octanol–water partition coefficient (Wildman–Crippen LogP) is 6.40. The smallest absolute Gasteiger partial charge is 0.260 e. The maximum absolute atomic E-state index is 14.6. The third-order valence-corrected chi connectivity index (χ3v) is 7.85. The van der Waals surface area contributed by atoms with Crippen LogP contribution < -0.4 is 10.2 Å². The van der Waals surface area contributed by atoms with Crippen molar-refractivity contribution >= 4 is 40.7 Å². The van der Waals surface area contributed by atoms with E-state index in [1.165, 1.54) is 19.2 Å². The van der Waals surface area contributed by atoms with E-state index in [4.69, 9.17) is 27.9 Å². The monoisotopic (exact) mass is 552 g/mol. The molecule has 1 aliphatic carbocycles. The molecule has 9 heteroatoms. The number of carbonyl (C=O) groups excluding carboxylic acids is 2. The number of para-hydroxylation sites is 1. The molecule has 6 nitrogen and oxygen atoms in total. The number of benzene rings is 3. The molecule has 1 heterocycles. The lowest BCUT2D eigenvalue weighted by molar-refractivity contribution is -0.138. The number of carbonyl (C=O) groups is 2. The quantitative estimate of drug-likeness (QED) is 0.346. The van der Waals surface area contributed by atoms with Crippen LogP contribution in [0.25, 0.3) is 0 Å². The van der Waals surface area contributed by atoms with Crippen LogP contribution in [-0.2, 0) is 15.0 Å². The van der Waals surface area contributed by atoms with E-state index in [0.717, 1.165) is 11.1 Å². The minimum Gasteiger partial charge on any atom is -0.505 e. The first kappa shape index (κ1) is 25.8. The van der Waals surface area contributed by atoms with Gasteiger partial charge in [0.2, 0.25) is 0 Å². The molecule has 38 heavy (non-hydrogen) atoms. The van der Waals surface area contributed by atoms with Crippen molar-refractivity contribution < 1.29 is 23.8 Å². The van der Waals surface area contributed by atoms with Gasteiger partial charge in [-0.25, -0.2) is 4.39 Å². The number of hydrazine groups is 1. The Morgan fingerprint density at radius 2 is 1.89 bits per heavy atom. The van der Waals surface area contributed by atoms with E-state index >= 15 is 0 Å². The lowest BCUT2D eigenvalue weighted by Gasteiger charge is -2.43. The Balaban J connectivity index is 1.76. The molecule has 2 amide bonds. The molecule has 3 atom stereocenters. The predicted molar refractivity (Wildman–Crippen MR) is 144 cm³/mol. The van der Waals surface area contributed by atoms with Gasteiger partial charge in [-0.1, -0.05) is 66.2 Å². The van der Waals surface area contributed by atoms with Gasteiger partial charge in [0.15, 0.2) is 11.6 Å². The van der Waals surface area contributed by atoms with Crippen LogP contribution in [0.5, 0.6) is 11.5 Å². The van der Waals surface area contributed by atoms with Crippen LogP contribution in [0.15, 0.2) is 85.0 Å². The van der Waals surface area contributed by atoms with E-state index in [9.17, 15) is 19.1 Å². The largest absolute Gasteiger partial charge is 0.505 e. The summed E-state index contributed by atoms with van der Waals surface area (Å²) in [5.41, 5.74) is 2.91. The number of phenolic OH excluding ortho intramolecular Hbond substituents is 1. The number of aromatic hydroxyl groups is 1. The molecule has 0 bridgehead atoms. The Morgan fingerprint density at radius 3 is 2.55 bits per heavy atom. The number of methoxy groups -OCH3 is 1. The third kappa shape index (κ3) is 3.85. The zero-order chi connectivity index (χ0) is 27.2. The Bertz CT molecular complexity index is 1490.